The molecule has 276 valence electrons. The van der Waals surface area contributed by atoms with Crippen LogP contribution in [0.3, 0.4) is 0 Å². The number of aryl methyl sites for hydroxylation is 1. The minimum Gasteiger partial charge on any atom is -0.480 e. The standard InChI is InChI=1S/C32H48N2O15/c1-3-46-31(45)19(12-11-17-8-5-4-6-9-17)34(16(2)28(42)33-13-7-10-18(33)30(43)44)29-25(40)24(39)27(21(15-36)47-29)49-32-26(41)23(38)22(37)20(14-35)48-32/h4-6,8-9,16,18-27,29,32,35-41H,3,7,10-15H2,1-2H3,(H,43,44)/t16-,18-,19-,20+,21+,22-,23-,24+,25+,26+,27+,29+,32-/m0/s1. The summed E-state index contributed by atoms with van der Waals surface area (Å²) < 4.78 is 22.5. The lowest BCUT2D eigenvalue weighted by molar-refractivity contribution is -0.350. The zero-order valence-corrected chi connectivity index (χ0v) is 27.4. The first-order chi connectivity index (χ1) is 23.4. The molecule has 1 amide bonds. The van der Waals surface area contributed by atoms with E-state index in [1.807, 2.05) is 30.3 Å². The highest BCUT2D eigenvalue weighted by Crippen LogP contribution is 2.33. The number of carboxylic acid groups (broad SMARTS) is 1. The lowest BCUT2D eigenvalue weighted by Crippen LogP contribution is -2.70. The summed E-state index contributed by atoms with van der Waals surface area (Å²) in [6.45, 7) is 1.50. The van der Waals surface area contributed by atoms with Crippen LogP contribution in [-0.2, 0) is 39.8 Å². The van der Waals surface area contributed by atoms with E-state index >= 15 is 0 Å². The Labute approximate surface area is 283 Å². The monoisotopic (exact) mass is 700 g/mol. The second kappa shape index (κ2) is 17.4. The van der Waals surface area contributed by atoms with Gasteiger partial charge in [0.2, 0.25) is 5.91 Å². The average molecular weight is 701 g/mol. The highest BCUT2D eigenvalue weighted by Gasteiger charge is 2.54. The van der Waals surface area contributed by atoms with E-state index < -0.39 is 111 Å². The summed E-state index contributed by atoms with van der Waals surface area (Å²) >= 11 is 0. The number of nitrogens with zero attached hydrogens (tertiary/aromatic N) is 2. The predicted octanol–water partition coefficient (Wildman–Crippen LogP) is -3.06. The van der Waals surface area contributed by atoms with E-state index in [0.29, 0.717) is 12.8 Å². The Balaban J connectivity index is 1.69. The Kier molecular flexibility index (Phi) is 13.9. The first-order valence-corrected chi connectivity index (χ1v) is 16.5. The molecule has 3 aliphatic heterocycles. The summed E-state index contributed by atoms with van der Waals surface area (Å²) in [5.74, 6) is -2.65. The summed E-state index contributed by atoms with van der Waals surface area (Å²) in [4.78, 5) is 42.0. The molecule has 3 heterocycles. The van der Waals surface area contributed by atoms with Crippen molar-refractivity contribution in [2.24, 2.45) is 0 Å². The molecule has 0 spiro atoms. The van der Waals surface area contributed by atoms with Crippen molar-refractivity contribution >= 4 is 17.8 Å². The van der Waals surface area contributed by atoms with Gasteiger partial charge in [0.05, 0.1) is 25.9 Å². The van der Waals surface area contributed by atoms with Crippen LogP contribution in [0.1, 0.15) is 38.7 Å². The number of hydrogen-bond donors (Lipinski definition) is 8. The van der Waals surface area contributed by atoms with Crippen molar-refractivity contribution in [2.75, 3.05) is 26.4 Å². The summed E-state index contributed by atoms with van der Waals surface area (Å²) in [5.41, 5.74) is 0.840. The number of carbonyl (C=O) groups excluding carboxylic acids is 2. The molecule has 0 aliphatic carbocycles. The number of likely N-dealkylation sites (tertiary alicyclic amines) is 1. The van der Waals surface area contributed by atoms with Crippen molar-refractivity contribution in [1.82, 2.24) is 9.80 Å². The average Bonchev–Trinajstić information content (AvgIpc) is 3.60. The van der Waals surface area contributed by atoms with Crippen LogP contribution in [0.25, 0.3) is 0 Å². The van der Waals surface area contributed by atoms with Crippen LogP contribution in [0.2, 0.25) is 0 Å². The van der Waals surface area contributed by atoms with Crippen LogP contribution in [0.5, 0.6) is 0 Å². The predicted molar refractivity (Wildman–Crippen MR) is 165 cm³/mol. The first kappa shape index (κ1) is 39.0. The van der Waals surface area contributed by atoms with Gasteiger partial charge in [0, 0.05) is 6.54 Å². The third-order valence-electron chi connectivity index (χ3n) is 9.37. The van der Waals surface area contributed by atoms with Crippen LogP contribution in [0, 0.1) is 0 Å². The number of benzene rings is 1. The van der Waals surface area contributed by atoms with Crippen LogP contribution in [-0.4, -0.2) is 174 Å². The fourth-order valence-corrected chi connectivity index (χ4v) is 6.71. The van der Waals surface area contributed by atoms with E-state index in [4.69, 9.17) is 18.9 Å². The SMILES string of the molecule is CCOC(=O)[C@H](CCc1ccccc1)N([C@@H]1O[C@H](CO)[C@@H](O[C@@H]2O[C@H](CO)[C@H](O)[C@H](O)[C@H]2O)[C@H](O)[C@H]1O)[C@@H](C)C(=O)N1CCC[C@H]1C(=O)O. The maximum absolute atomic E-state index is 14.0. The Morgan fingerprint density at radius 2 is 1.61 bits per heavy atom. The number of aliphatic hydroxyl groups is 7. The molecule has 3 saturated heterocycles. The maximum Gasteiger partial charge on any atom is 0.326 e. The van der Waals surface area contributed by atoms with Gasteiger partial charge in [-0.1, -0.05) is 30.3 Å². The molecule has 0 unspecified atom stereocenters. The number of hydrogen-bond acceptors (Lipinski definition) is 15. The van der Waals surface area contributed by atoms with Crippen LogP contribution in [0.4, 0.5) is 0 Å². The molecule has 13 atom stereocenters. The van der Waals surface area contributed by atoms with Gasteiger partial charge in [-0.2, -0.15) is 0 Å². The van der Waals surface area contributed by atoms with Gasteiger partial charge >= 0.3 is 11.9 Å². The number of aliphatic carboxylic acids is 1. The molecule has 3 aliphatic rings. The molecule has 0 aromatic heterocycles. The van der Waals surface area contributed by atoms with Crippen molar-refractivity contribution in [3.05, 3.63) is 35.9 Å². The molecule has 1 aromatic rings. The molecule has 49 heavy (non-hydrogen) atoms. The zero-order chi connectivity index (χ0) is 36.0. The summed E-state index contributed by atoms with van der Waals surface area (Å²) in [6.07, 6.45) is -16.2. The molecule has 1 aromatic carbocycles. The highest BCUT2D eigenvalue weighted by atomic mass is 16.7. The van der Waals surface area contributed by atoms with Gasteiger partial charge in [0.15, 0.2) is 6.29 Å². The molecule has 0 saturated carbocycles. The number of rotatable bonds is 14. The van der Waals surface area contributed by atoms with Crippen LogP contribution >= 0.6 is 0 Å². The van der Waals surface area contributed by atoms with Crippen molar-refractivity contribution in [3.8, 4) is 0 Å². The maximum atomic E-state index is 14.0. The van der Waals surface area contributed by atoms with E-state index in [1.165, 1.54) is 16.7 Å². The van der Waals surface area contributed by atoms with E-state index in [0.717, 1.165) is 5.56 Å². The number of carboxylic acids is 1. The normalized spacial score (nSPS) is 34.8. The zero-order valence-electron chi connectivity index (χ0n) is 27.4. The van der Waals surface area contributed by atoms with Gasteiger partial charge in [-0.3, -0.25) is 14.5 Å². The smallest absolute Gasteiger partial charge is 0.326 e. The van der Waals surface area contributed by atoms with Gasteiger partial charge in [-0.15, -0.1) is 0 Å². The summed E-state index contributed by atoms with van der Waals surface area (Å²) in [6, 6.07) is 5.39. The van der Waals surface area contributed by atoms with E-state index in [9.17, 15) is 55.2 Å². The third-order valence-corrected chi connectivity index (χ3v) is 9.37. The minimum atomic E-state index is -1.95. The molecule has 0 radical (unpaired) electrons. The number of aliphatic hydroxyl groups excluding tert-OH is 7. The molecule has 3 fully saturated rings. The molecule has 17 nitrogen and oxygen atoms in total. The Hall–Kier alpha value is -2.81. The number of ether oxygens (including phenoxy) is 4. The second-order valence-electron chi connectivity index (χ2n) is 12.5. The molecule has 8 N–H and O–H groups in total. The largest absolute Gasteiger partial charge is 0.480 e. The molecule has 4 rings (SSSR count). The van der Waals surface area contributed by atoms with Gasteiger partial charge in [-0.05, 0) is 45.1 Å². The van der Waals surface area contributed by atoms with E-state index in [1.54, 1.807) is 6.92 Å². The topological polar surface area (TPSA) is 256 Å². The number of amides is 1. The Morgan fingerprint density at radius 1 is 0.939 bits per heavy atom. The Morgan fingerprint density at radius 3 is 2.22 bits per heavy atom. The van der Waals surface area contributed by atoms with Gasteiger partial charge in [-0.25, -0.2) is 4.79 Å². The second-order valence-corrected chi connectivity index (χ2v) is 12.5. The number of carbonyl (C=O) groups is 3. The molecule has 0 bridgehead atoms. The van der Waals surface area contributed by atoms with Gasteiger partial charge in [0.25, 0.3) is 0 Å². The summed E-state index contributed by atoms with van der Waals surface area (Å²) in [7, 11) is 0. The first-order valence-electron chi connectivity index (χ1n) is 16.5. The third kappa shape index (κ3) is 8.57. The lowest BCUT2D eigenvalue weighted by atomic mass is 9.94. The highest BCUT2D eigenvalue weighted by molar-refractivity contribution is 5.88. The lowest BCUT2D eigenvalue weighted by Gasteiger charge is -2.50. The van der Waals surface area contributed by atoms with Gasteiger partial charge < -0.3 is 64.7 Å². The number of esters is 1. The van der Waals surface area contributed by atoms with Crippen molar-refractivity contribution in [2.45, 2.75) is 119 Å². The van der Waals surface area contributed by atoms with Gasteiger partial charge in [0.1, 0.15) is 67.1 Å². The van der Waals surface area contributed by atoms with E-state index in [-0.39, 0.29) is 26.0 Å². The molecule has 17 heteroatoms. The van der Waals surface area contributed by atoms with E-state index in [2.05, 4.69) is 0 Å². The Bertz CT molecular complexity index is 1240. The van der Waals surface area contributed by atoms with Crippen LogP contribution in [0.15, 0.2) is 30.3 Å². The van der Waals surface area contributed by atoms with Crippen molar-refractivity contribution < 1.29 is 74.2 Å². The quantitative estimate of drug-likeness (QED) is 0.0897. The van der Waals surface area contributed by atoms with Crippen molar-refractivity contribution in [1.29, 1.82) is 0 Å². The fourth-order valence-electron chi connectivity index (χ4n) is 6.71. The van der Waals surface area contributed by atoms with Crippen molar-refractivity contribution in [3.63, 3.8) is 0 Å². The minimum absolute atomic E-state index is 0.0327. The molecular formula is C32H48N2O15. The molecular weight excluding hydrogens is 652 g/mol. The van der Waals surface area contributed by atoms with Crippen LogP contribution < -0.4 is 0 Å². The summed E-state index contributed by atoms with van der Waals surface area (Å²) in [5, 5.41) is 83.5. The fraction of sp³-hybridized carbons (Fsp3) is 0.719.